The number of non-ortho nitro benzene ring substituents is 1. The first-order valence-electron chi connectivity index (χ1n) is 28.6. The van der Waals surface area contributed by atoms with Crippen molar-refractivity contribution < 1.29 is 60.9 Å². The summed E-state index contributed by atoms with van der Waals surface area (Å²) in [6, 6.07) is 12.7. The number of nitrogens with one attached hydrogen (secondary N) is 3. The number of thioether (sulfide) groups is 3. The van der Waals surface area contributed by atoms with Crippen LogP contribution in [0.3, 0.4) is 0 Å². The second-order valence-electron chi connectivity index (χ2n) is 25.2. The molecule has 0 aromatic heterocycles. The number of nitro benzene ring substituents is 1. The van der Waals surface area contributed by atoms with E-state index in [1.54, 1.807) is 108 Å². The van der Waals surface area contributed by atoms with Crippen molar-refractivity contribution in [3.8, 4) is 0 Å². The molecule has 0 radical (unpaired) electrons. The Morgan fingerprint density at radius 1 is 0.523 bits per heavy atom. The number of halogens is 3. The number of amidine groups is 3. The number of anilines is 2. The Kier molecular flexibility index (Phi) is 21.8. The molecule has 86 heavy (non-hydrogen) atoms. The highest BCUT2D eigenvalue weighted by Crippen LogP contribution is 2.54. The molecule has 3 aliphatic carbocycles. The third kappa shape index (κ3) is 16.9. The standard InChI is InChI=1S/C20H26FN3O5S.2C20H28FN3O3S/c1-19(2,3)29-18(25)22-17-23-20(10-14(28-4)7-5-12(20)11-30-17)15-9-13(24(26)27)6-8-16(15)21;2*1-19(2,3)27-18(25)23-17-24-20(15-9-13(22)6-8-16(15)21)10-14(26-4)7-5-12(20)11-28-17/h6,8-9,12,14H,5,7,10-11H2,1-4H3,(H,22,23,25);2*6,8-9,12,14H,5,7,10-11,22H2,1-4H3,(H,23,24,25)/t3*12-,14-,20-/m000/s1. The van der Waals surface area contributed by atoms with Gasteiger partial charge in [-0.25, -0.2) is 27.6 Å². The lowest BCUT2D eigenvalue weighted by molar-refractivity contribution is -0.385. The molecule has 3 fully saturated rings. The second-order valence-corrected chi connectivity index (χ2v) is 28.3. The molecule has 9 atom stereocenters. The van der Waals surface area contributed by atoms with Gasteiger partial charge in [0, 0.05) is 98.0 Å². The Hall–Kier alpha value is -5.80. The Bertz CT molecular complexity index is 2940. The lowest BCUT2D eigenvalue weighted by Gasteiger charge is -2.46. The van der Waals surface area contributed by atoms with Gasteiger partial charge in [0.1, 0.15) is 34.3 Å². The van der Waals surface area contributed by atoms with E-state index in [1.165, 1.54) is 53.5 Å². The molecule has 3 heterocycles. The van der Waals surface area contributed by atoms with Crippen molar-refractivity contribution in [2.75, 3.05) is 50.1 Å². The summed E-state index contributed by atoms with van der Waals surface area (Å²) in [5.41, 5.74) is 9.16. The van der Waals surface area contributed by atoms with Gasteiger partial charge in [0.2, 0.25) is 0 Å². The van der Waals surface area contributed by atoms with Gasteiger partial charge in [-0.1, -0.05) is 35.3 Å². The average molecular weight is 1260 g/mol. The number of nitrogen functional groups attached to an aromatic ring is 2. The number of methoxy groups -OCH3 is 3. The number of aliphatic imine (C=N–C) groups is 3. The Morgan fingerprint density at radius 3 is 1.09 bits per heavy atom. The summed E-state index contributed by atoms with van der Waals surface area (Å²) in [6.07, 6.45) is 4.46. The lowest BCUT2D eigenvalue weighted by atomic mass is 9.68. The highest BCUT2D eigenvalue weighted by atomic mass is 32.2. The molecule has 20 nitrogen and oxygen atoms in total. The molecular weight excluding hydrogens is 1180 g/mol. The maximum atomic E-state index is 15.0. The number of carbonyl (C=O) groups is 3. The predicted octanol–water partition coefficient (Wildman–Crippen LogP) is 12.5. The largest absolute Gasteiger partial charge is 0.444 e. The quantitative estimate of drug-likeness (QED) is 0.0636. The van der Waals surface area contributed by atoms with E-state index in [1.807, 2.05) is 0 Å². The average Bonchev–Trinajstić information content (AvgIpc) is 0.915. The summed E-state index contributed by atoms with van der Waals surface area (Å²) >= 11 is 4.28. The molecule has 3 amide bonds. The summed E-state index contributed by atoms with van der Waals surface area (Å²) in [6.45, 7) is 16.0. The monoisotopic (exact) mass is 1260 g/mol. The fraction of sp³-hybridized carbons (Fsp3) is 0.600. The van der Waals surface area contributed by atoms with Crippen LogP contribution in [0.1, 0.15) is 137 Å². The molecule has 6 aliphatic rings. The van der Waals surface area contributed by atoms with Gasteiger partial charge >= 0.3 is 18.3 Å². The zero-order valence-corrected chi connectivity index (χ0v) is 53.4. The first-order valence-corrected chi connectivity index (χ1v) is 31.6. The molecule has 0 bridgehead atoms. The maximum absolute atomic E-state index is 15.0. The number of carbonyl (C=O) groups excluding carboxylic acids is 3. The van der Waals surface area contributed by atoms with Crippen LogP contribution in [0.25, 0.3) is 0 Å². The number of rotatable bonds is 7. The number of hydrogen-bond acceptors (Lipinski definition) is 19. The SMILES string of the molecule is CO[C@H]1CC[C@H]2CSC(NC(=O)OC(C)(C)C)=N[C@@]2(c2cc(N)ccc2F)C1.CO[C@H]1CC[C@H]2CSC(NC(=O)OC(C)(C)C)=N[C@@]2(c2cc(N)ccc2F)C1.CO[C@H]1CC[C@H]2CSC(NC(=O)OC(C)(C)C)=N[C@@]2(c2cc([N+](=O)[O-])ccc2F)C1. The van der Waals surface area contributed by atoms with Crippen LogP contribution in [0.15, 0.2) is 69.6 Å². The molecule has 3 aromatic rings. The van der Waals surface area contributed by atoms with Gasteiger partial charge in [-0.15, -0.1) is 0 Å². The van der Waals surface area contributed by atoms with Crippen molar-refractivity contribution in [2.24, 2.45) is 32.7 Å². The number of nitro groups is 1. The topological polar surface area (TPSA) is 275 Å². The first kappa shape index (κ1) is 67.7. The van der Waals surface area contributed by atoms with Crippen molar-refractivity contribution in [1.82, 2.24) is 16.0 Å². The van der Waals surface area contributed by atoms with Gasteiger partial charge in [-0.05, 0) is 161 Å². The fourth-order valence-corrected chi connectivity index (χ4v) is 15.4. The summed E-state index contributed by atoms with van der Waals surface area (Å²) in [5, 5.41) is 20.6. The maximum Gasteiger partial charge on any atom is 0.413 e. The van der Waals surface area contributed by atoms with Crippen LogP contribution in [-0.4, -0.2) is 112 Å². The van der Waals surface area contributed by atoms with Gasteiger partial charge in [0.25, 0.3) is 5.69 Å². The molecule has 472 valence electrons. The van der Waals surface area contributed by atoms with Crippen LogP contribution in [0.5, 0.6) is 0 Å². The molecule has 9 rings (SSSR count). The number of fused-ring (bicyclic) bond motifs is 3. The zero-order valence-electron chi connectivity index (χ0n) is 50.9. The van der Waals surface area contributed by atoms with Crippen molar-refractivity contribution in [3.05, 3.63) is 98.9 Å². The van der Waals surface area contributed by atoms with Crippen LogP contribution < -0.4 is 27.4 Å². The zero-order chi connectivity index (χ0) is 63.2. The molecule has 0 saturated heterocycles. The van der Waals surface area contributed by atoms with E-state index in [9.17, 15) is 37.7 Å². The van der Waals surface area contributed by atoms with E-state index < -0.39 is 62.4 Å². The van der Waals surface area contributed by atoms with Crippen LogP contribution >= 0.6 is 35.3 Å². The molecule has 0 unspecified atom stereocenters. The number of alkyl carbamates (subject to hydrolysis) is 3. The third-order valence-corrected chi connectivity index (χ3v) is 18.8. The highest BCUT2D eigenvalue weighted by Gasteiger charge is 2.53. The van der Waals surface area contributed by atoms with E-state index in [-0.39, 0.29) is 59.0 Å². The third-order valence-electron chi connectivity index (χ3n) is 15.7. The van der Waals surface area contributed by atoms with Crippen molar-refractivity contribution in [2.45, 2.75) is 172 Å². The smallest absolute Gasteiger partial charge is 0.413 e. The van der Waals surface area contributed by atoms with Crippen LogP contribution in [0, 0.1) is 45.3 Å². The number of ether oxygens (including phenoxy) is 6. The molecule has 0 spiro atoms. The van der Waals surface area contributed by atoms with Crippen LogP contribution in [0.2, 0.25) is 0 Å². The molecule has 7 N–H and O–H groups in total. The van der Waals surface area contributed by atoms with E-state index in [0.29, 0.717) is 63.0 Å². The highest BCUT2D eigenvalue weighted by molar-refractivity contribution is 8.14. The van der Waals surface area contributed by atoms with E-state index in [0.717, 1.165) is 62.2 Å². The molecule has 3 aromatic carbocycles. The van der Waals surface area contributed by atoms with Gasteiger partial charge in [0.05, 0.1) is 39.9 Å². The summed E-state index contributed by atoms with van der Waals surface area (Å²) < 4.78 is 77.4. The van der Waals surface area contributed by atoms with E-state index >= 15 is 0 Å². The van der Waals surface area contributed by atoms with Gasteiger partial charge in [0.15, 0.2) is 15.5 Å². The number of benzene rings is 3. The van der Waals surface area contributed by atoms with Gasteiger partial charge < -0.3 is 39.9 Å². The molecular formula is C60H82F3N9O11S3. The fourth-order valence-electron chi connectivity index (χ4n) is 11.8. The summed E-state index contributed by atoms with van der Waals surface area (Å²) in [5.74, 6) is 0.996. The van der Waals surface area contributed by atoms with Gasteiger partial charge in [-0.2, -0.15) is 0 Å². The van der Waals surface area contributed by atoms with E-state index in [4.69, 9.17) is 54.9 Å². The number of nitrogens with zero attached hydrogens (tertiary/aromatic N) is 4. The minimum absolute atomic E-state index is 0.0355. The number of nitrogens with two attached hydrogens (primary N) is 2. The van der Waals surface area contributed by atoms with Crippen LogP contribution in [0.4, 0.5) is 44.6 Å². The Balaban J connectivity index is 0.000000185. The predicted molar refractivity (Wildman–Crippen MR) is 332 cm³/mol. The van der Waals surface area contributed by atoms with Crippen molar-refractivity contribution >= 4 is 86.1 Å². The summed E-state index contributed by atoms with van der Waals surface area (Å²) in [4.78, 5) is 61.9. The minimum Gasteiger partial charge on any atom is -0.444 e. The van der Waals surface area contributed by atoms with Crippen molar-refractivity contribution in [1.29, 1.82) is 0 Å². The number of hydrogen-bond donors (Lipinski definition) is 5. The van der Waals surface area contributed by atoms with Crippen LogP contribution in [-0.2, 0) is 45.0 Å². The Labute approximate surface area is 514 Å². The van der Waals surface area contributed by atoms with E-state index in [2.05, 4.69) is 16.0 Å². The number of amides is 3. The van der Waals surface area contributed by atoms with Gasteiger partial charge in [-0.3, -0.25) is 41.0 Å². The molecule has 3 aliphatic heterocycles. The normalized spacial score (nSPS) is 27.1. The molecule has 3 saturated carbocycles. The Morgan fingerprint density at radius 2 is 0.814 bits per heavy atom. The lowest BCUT2D eigenvalue weighted by Crippen LogP contribution is -2.48. The van der Waals surface area contributed by atoms with Crippen molar-refractivity contribution in [3.63, 3.8) is 0 Å². The first-order chi connectivity index (χ1) is 40.3. The minimum atomic E-state index is -1.06. The molecule has 26 heteroatoms. The second kappa shape index (κ2) is 27.7. The summed E-state index contributed by atoms with van der Waals surface area (Å²) in [7, 11) is 4.91.